The quantitative estimate of drug-likeness (QED) is 0.0944. The molecule has 1 aliphatic rings. The van der Waals surface area contributed by atoms with Gasteiger partial charge in [0.05, 0.1) is 33.7 Å². The van der Waals surface area contributed by atoms with Crippen LogP contribution in [0.15, 0.2) is 77.8 Å². The first-order valence-corrected chi connectivity index (χ1v) is 20.4. The number of thiazole rings is 2. The predicted octanol–water partition coefficient (Wildman–Crippen LogP) is 5.74. The van der Waals surface area contributed by atoms with Gasteiger partial charge in [0, 0.05) is 56.3 Å². The van der Waals surface area contributed by atoms with Crippen molar-refractivity contribution in [2.75, 3.05) is 26.7 Å². The molecule has 0 aliphatic carbocycles. The van der Waals surface area contributed by atoms with E-state index in [1.165, 1.54) is 11.3 Å². The molecule has 14 heteroatoms. The van der Waals surface area contributed by atoms with Crippen LogP contribution in [0.1, 0.15) is 72.2 Å². The number of aliphatic hydroxyl groups is 1. The van der Waals surface area contributed by atoms with Gasteiger partial charge in [0.25, 0.3) is 0 Å². The van der Waals surface area contributed by atoms with E-state index < -0.39 is 12.1 Å². The van der Waals surface area contributed by atoms with Crippen molar-refractivity contribution in [2.24, 2.45) is 0 Å². The number of aromatic nitrogens is 2. The lowest BCUT2D eigenvalue weighted by molar-refractivity contribution is -0.124. The molecule has 0 bridgehead atoms. The standard InChI is InChI=1S/C40H53N7O5S2/c1-28(2)38-43-33(26-53-38)23-46(3)39(50)45-36(17-19-47-18-16-34(48)24-47)37(49)42-31(20-29-10-6-4-7-11-29)14-15-32(21-30-12-8-5-9-13-30)44-40(51)52-25-35-22-41-27-54-35/h4-13,22,26-28,31-32,34,36,48H,14-21,23-25H2,1-3H3,(H,42,49)(H,44,51)(H,45,50)/t31-,32-,34+,36+/m1/s1. The summed E-state index contributed by atoms with van der Waals surface area (Å²) in [4.78, 5) is 54.0. The van der Waals surface area contributed by atoms with Gasteiger partial charge in [-0.05, 0) is 49.7 Å². The summed E-state index contributed by atoms with van der Waals surface area (Å²) in [7, 11) is 1.70. The second-order valence-electron chi connectivity index (χ2n) is 14.3. The van der Waals surface area contributed by atoms with Gasteiger partial charge in [-0.1, -0.05) is 74.5 Å². The lowest BCUT2D eigenvalue weighted by atomic mass is 9.95. The molecule has 0 unspecified atom stereocenters. The molecule has 290 valence electrons. The molecule has 0 radical (unpaired) electrons. The Kier molecular flexibility index (Phi) is 15.8. The van der Waals surface area contributed by atoms with Crippen LogP contribution in [0.2, 0.25) is 0 Å². The van der Waals surface area contributed by atoms with Crippen LogP contribution in [0.4, 0.5) is 9.59 Å². The summed E-state index contributed by atoms with van der Waals surface area (Å²) >= 11 is 3.01. The van der Waals surface area contributed by atoms with E-state index in [1.54, 1.807) is 35.0 Å². The van der Waals surface area contributed by atoms with Crippen LogP contribution in [0.25, 0.3) is 0 Å². The summed E-state index contributed by atoms with van der Waals surface area (Å²) in [5.41, 5.74) is 4.65. The highest BCUT2D eigenvalue weighted by Crippen LogP contribution is 2.20. The summed E-state index contributed by atoms with van der Waals surface area (Å²) in [5.74, 6) is 0.0287. The summed E-state index contributed by atoms with van der Waals surface area (Å²) < 4.78 is 5.52. The minimum atomic E-state index is -0.808. The molecule has 0 spiro atoms. The van der Waals surface area contributed by atoms with Gasteiger partial charge < -0.3 is 35.6 Å². The topological polar surface area (TPSA) is 149 Å². The van der Waals surface area contributed by atoms with Gasteiger partial charge >= 0.3 is 12.1 Å². The molecule has 4 aromatic rings. The molecule has 1 aliphatic heterocycles. The zero-order valence-electron chi connectivity index (χ0n) is 31.4. The first-order valence-electron chi connectivity index (χ1n) is 18.7. The van der Waals surface area contributed by atoms with Gasteiger partial charge in [-0.2, -0.15) is 0 Å². The van der Waals surface area contributed by atoms with Crippen LogP contribution in [0.5, 0.6) is 0 Å². The highest BCUT2D eigenvalue weighted by atomic mass is 32.1. The number of carbonyl (C=O) groups is 3. The molecule has 4 amide bonds. The fraction of sp³-hybridized carbons (Fsp3) is 0.475. The first kappa shape index (κ1) is 40.8. The molecule has 2 aromatic carbocycles. The van der Waals surface area contributed by atoms with Crippen molar-refractivity contribution in [2.45, 2.75) is 95.7 Å². The Labute approximate surface area is 326 Å². The van der Waals surface area contributed by atoms with Crippen molar-refractivity contribution in [3.05, 3.63) is 104 Å². The van der Waals surface area contributed by atoms with E-state index in [4.69, 9.17) is 4.74 Å². The van der Waals surface area contributed by atoms with Crippen LogP contribution in [-0.4, -0.2) is 93.8 Å². The molecular weight excluding hydrogens is 723 g/mol. The number of alkyl carbamates (subject to hydrolysis) is 1. The van der Waals surface area contributed by atoms with E-state index >= 15 is 0 Å². The third-order valence-corrected chi connectivity index (χ3v) is 11.4. The summed E-state index contributed by atoms with van der Waals surface area (Å²) in [5, 5.41) is 22.4. The third kappa shape index (κ3) is 13.5. The molecule has 1 saturated heterocycles. The largest absolute Gasteiger partial charge is 0.444 e. The monoisotopic (exact) mass is 775 g/mol. The number of hydrogen-bond donors (Lipinski definition) is 4. The van der Waals surface area contributed by atoms with E-state index in [-0.39, 0.29) is 36.7 Å². The maximum atomic E-state index is 14.2. The van der Waals surface area contributed by atoms with Crippen molar-refractivity contribution in [1.82, 2.24) is 35.7 Å². The van der Waals surface area contributed by atoms with E-state index in [9.17, 15) is 19.5 Å². The Morgan fingerprint density at radius 2 is 1.61 bits per heavy atom. The van der Waals surface area contributed by atoms with Crippen molar-refractivity contribution in [1.29, 1.82) is 0 Å². The van der Waals surface area contributed by atoms with Crippen LogP contribution >= 0.6 is 22.7 Å². The number of urea groups is 1. The van der Waals surface area contributed by atoms with E-state index in [0.717, 1.165) is 33.3 Å². The van der Waals surface area contributed by atoms with Crippen molar-refractivity contribution >= 4 is 40.7 Å². The average molecular weight is 776 g/mol. The Bertz CT molecular complexity index is 1720. The second-order valence-corrected chi connectivity index (χ2v) is 16.1. The van der Waals surface area contributed by atoms with Crippen LogP contribution < -0.4 is 16.0 Å². The molecule has 54 heavy (non-hydrogen) atoms. The molecule has 1 fully saturated rings. The number of ether oxygens (including phenoxy) is 1. The average Bonchev–Trinajstić information content (AvgIpc) is 3.95. The number of likely N-dealkylation sites (tertiary alicyclic amines) is 1. The lowest BCUT2D eigenvalue weighted by Crippen LogP contribution is -2.53. The number of benzene rings is 2. The van der Waals surface area contributed by atoms with Crippen molar-refractivity contribution in [3.8, 4) is 0 Å². The lowest BCUT2D eigenvalue weighted by Gasteiger charge is -2.28. The number of β-amino-alcohol motifs (C(OH)–C–C–N with tert-alkyl or cyclic N) is 1. The van der Waals surface area contributed by atoms with Crippen LogP contribution in [-0.2, 0) is 35.5 Å². The summed E-state index contributed by atoms with van der Waals surface area (Å²) in [6, 6.07) is 18.2. The van der Waals surface area contributed by atoms with Crippen molar-refractivity contribution in [3.63, 3.8) is 0 Å². The number of aliphatic hydroxyl groups excluding tert-OH is 1. The summed E-state index contributed by atoms with van der Waals surface area (Å²) in [6.45, 7) is 6.48. The Morgan fingerprint density at radius 3 is 2.19 bits per heavy atom. The zero-order valence-corrected chi connectivity index (χ0v) is 33.0. The van der Waals surface area contributed by atoms with Crippen LogP contribution in [0, 0.1) is 0 Å². The number of rotatable bonds is 19. The Balaban J connectivity index is 1.28. The van der Waals surface area contributed by atoms with Gasteiger partial charge in [0.15, 0.2) is 0 Å². The number of nitrogens with zero attached hydrogens (tertiary/aromatic N) is 4. The molecule has 4 N–H and O–H groups in total. The highest BCUT2D eigenvalue weighted by Gasteiger charge is 2.28. The molecule has 2 aromatic heterocycles. The molecule has 3 heterocycles. The third-order valence-electron chi connectivity index (χ3n) is 9.42. The molecule has 0 saturated carbocycles. The van der Waals surface area contributed by atoms with Gasteiger partial charge in [0.1, 0.15) is 12.6 Å². The number of nitrogens with one attached hydrogen (secondary N) is 3. The SMILES string of the molecule is CC(C)c1nc(CN(C)C(=O)N[C@@H](CCN2CC[C@H](O)C2)C(=O)N[C@H](CC[C@H](Cc2ccccc2)NC(=O)OCc2cncs2)Cc2ccccc2)cs1. The van der Waals surface area contributed by atoms with Gasteiger partial charge in [-0.15, -0.1) is 22.7 Å². The van der Waals surface area contributed by atoms with Crippen molar-refractivity contribution < 1.29 is 24.2 Å². The zero-order chi connectivity index (χ0) is 38.3. The fourth-order valence-corrected chi connectivity index (χ4v) is 7.77. The van der Waals surface area contributed by atoms with Gasteiger partial charge in [-0.3, -0.25) is 9.78 Å². The van der Waals surface area contributed by atoms with Crippen LogP contribution in [0.3, 0.4) is 0 Å². The first-order chi connectivity index (χ1) is 26.1. The normalized spacial score (nSPS) is 16.1. The van der Waals surface area contributed by atoms with E-state index in [0.29, 0.717) is 64.1 Å². The van der Waals surface area contributed by atoms with E-state index in [1.807, 2.05) is 66.0 Å². The maximum absolute atomic E-state index is 14.2. The summed E-state index contributed by atoms with van der Waals surface area (Å²) in [6.07, 6.45) is 4.15. The molecular formula is C40H53N7O5S2. The number of amides is 4. The smallest absolute Gasteiger partial charge is 0.407 e. The number of carbonyl (C=O) groups excluding carboxylic acids is 3. The fourth-order valence-electron chi connectivity index (χ4n) is 6.44. The maximum Gasteiger partial charge on any atom is 0.407 e. The number of hydrogen-bond acceptors (Lipinski definition) is 10. The second kappa shape index (κ2) is 20.9. The van der Waals surface area contributed by atoms with E-state index in [2.05, 4.69) is 44.7 Å². The highest BCUT2D eigenvalue weighted by molar-refractivity contribution is 7.09. The van der Waals surface area contributed by atoms with Gasteiger partial charge in [0.2, 0.25) is 5.91 Å². The Hall–Kier alpha value is -4.37. The van der Waals surface area contributed by atoms with Gasteiger partial charge in [-0.25, -0.2) is 14.6 Å². The predicted molar refractivity (Wildman–Crippen MR) is 212 cm³/mol. The molecule has 5 rings (SSSR count). The Morgan fingerprint density at radius 1 is 0.944 bits per heavy atom. The molecule has 4 atom stereocenters. The minimum Gasteiger partial charge on any atom is -0.444 e. The molecule has 12 nitrogen and oxygen atoms in total. The minimum absolute atomic E-state index is 0.142.